The van der Waals surface area contributed by atoms with Crippen molar-refractivity contribution in [1.82, 2.24) is 4.72 Å². The molecule has 0 bridgehead atoms. The minimum absolute atomic E-state index is 0.0287. The Morgan fingerprint density at radius 1 is 0.781 bits per heavy atom. The molecule has 0 aromatic heterocycles. The van der Waals surface area contributed by atoms with Crippen LogP contribution in [0.1, 0.15) is 6.92 Å². The van der Waals surface area contributed by atoms with E-state index in [2.05, 4.69) is 14.8 Å². The lowest BCUT2D eigenvalue weighted by Crippen LogP contribution is -2.41. The Labute approximate surface area is 191 Å². The second-order valence-electron chi connectivity index (χ2n) is 6.79. The maximum atomic E-state index is 12.7. The first-order chi connectivity index (χ1) is 15.1. The van der Waals surface area contributed by atoms with Crippen LogP contribution >= 0.6 is 11.6 Å². The number of hydrogen-bond donors (Lipinski definition) is 3. The van der Waals surface area contributed by atoms with Gasteiger partial charge >= 0.3 is 0 Å². The fourth-order valence-corrected chi connectivity index (χ4v) is 5.13. The predicted molar refractivity (Wildman–Crippen MR) is 124 cm³/mol. The zero-order valence-electron chi connectivity index (χ0n) is 16.8. The van der Waals surface area contributed by atoms with Crippen molar-refractivity contribution in [2.75, 3.05) is 10.0 Å². The minimum Gasteiger partial charge on any atom is -0.325 e. The van der Waals surface area contributed by atoms with Crippen LogP contribution in [-0.2, 0) is 24.8 Å². The molecule has 11 heteroatoms. The van der Waals surface area contributed by atoms with E-state index < -0.39 is 32.0 Å². The molecule has 0 spiro atoms. The maximum Gasteiger partial charge on any atom is 0.261 e. The molecular formula is C21H20ClN3O5S2. The smallest absolute Gasteiger partial charge is 0.261 e. The number of sulfonamides is 2. The molecule has 3 rings (SSSR count). The summed E-state index contributed by atoms with van der Waals surface area (Å²) in [7, 11) is -7.82. The molecule has 3 aromatic rings. The summed E-state index contributed by atoms with van der Waals surface area (Å²) in [6, 6.07) is 18.3. The standard InChI is InChI=1S/C21H20ClN3O5S2/c1-15(24-31(27,28)19-7-3-2-4-8-19)21(26)23-18-6-5-9-20(14-18)32(29,30)25-17-12-10-16(22)11-13-17/h2-15,24-25H,1H3,(H,23,26)/t15-/m0/s1. The molecule has 0 heterocycles. The summed E-state index contributed by atoms with van der Waals surface area (Å²) < 4.78 is 54.8. The van der Waals surface area contributed by atoms with Crippen molar-refractivity contribution in [1.29, 1.82) is 0 Å². The van der Waals surface area contributed by atoms with Crippen LogP contribution in [0.15, 0.2) is 88.7 Å². The van der Waals surface area contributed by atoms with Crippen LogP contribution in [0.4, 0.5) is 11.4 Å². The van der Waals surface area contributed by atoms with Crippen LogP contribution in [0, 0.1) is 0 Å². The van der Waals surface area contributed by atoms with E-state index in [1.807, 2.05) is 0 Å². The molecule has 3 aromatic carbocycles. The molecule has 8 nitrogen and oxygen atoms in total. The quantitative estimate of drug-likeness (QED) is 0.443. The largest absolute Gasteiger partial charge is 0.325 e. The van der Waals surface area contributed by atoms with Crippen LogP contribution in [0.25, 0.3) is 0 Å². The van der Waals surface area contributed by atoms with Crippen molar-refractivity contribution in [3.8, 4) is 0 Å². The minimum atomic E-state index is -3.93. The number of nitrogens with one attached hydrogen (secondary N) is 3. The molecule has 0 aliphatic carbocycles. The Balaban J connectivity index is 1.71. The fraction of sp³-hybridized carbons (Fsp3) is 0.0952. The highest BCUT2D eigenvalue weighted by atomic mass is 35.5. The van der Waals surface area contributed by atoms with Gasteiger partial charge in [-0.1, -0.05) is 35.9 Å². The zero-order chi connectivity index (χ0) is 23.4. The Kier molecular flexibility index (Phi) is 7.19. The van der Waals surface area contributed by atoms with Gasteiger partial charge in [0.2, 0.25) is 15.9 Å². The van der Waals surface area contributed by atoms with Crippen molar-refractivity contribution in [3.63, 3.8) is 0 Å². The second-order valence-corrected chi connectivity index (χ2v) is 10.6. The molecule has 0 unspecified atom stereocenters. The molecule has 0 aliphatic heterocycles. The molecule has 3 N–H and O–H groups in total. The number of amides is 1. The number of halogens is 1. The van der Waals surface area contributed by atoms with Gasteiger partial charge in [-0.15, -0.1) is 0 Å². The molecule has 32 heavy (non-hydrogen) atoms. The first-order valence-electron chi connectivity index (χ1n) is 9.33. The normalized spacial score (nSPS) is 12.7. The Morgan fingerprint density at radius 3 is 2.06 bits per heavy atom. The van der Waals surface area contributed by atoms with E-state index >= 15 is 0 Å². The third kappa shape index (κ3) is 6.07. The number of hydrogen-bond acceptors (Lipinski definition) is 5. The summed E-state index contributed by atoms with van der Waals surface area (Å²) in [5.74, 6) is -0.648. The van der Waals surface area contributed by atoms with Gasteiger partial charge in [-0.05, 0) is 61.5 Å². The molecule has 1 atom stereocenters. The van der Waals surface area contributed by atoms with Gasteiger partial charge in [0, 0.05) is 16.4 Å². The van der Waals surface area contributed by atoms with E-state index in [9.17, 15) is 21.6 Å². The highest BCUT2D eigenvalue weighted by Gasteiger charge is 2.22. The third-order valence-corrected chi connectivity index (χ3v) is 7.47. The van der Waals surface area contributed by atoms with Gasteiger partial charge in [0.05, 0.1) is 15.8 Å². The summed E-state index contributed by atoms with van der Waals surface area (Å²) in [4.78, 5) is 12.4. The summed E-state index contributed by atoms with van der Waals surface area (Å²) in [5.41, 5.74) is 0.521. The summed E-state index contributed by atoms with van der Waals surface area (Å²) >= 11 is 5.81. The summed E-state index contributed by atoms with van der Waals surface area (Å²) in [6.45, 7) is 1.39. The lowest BCUT2D eigenvalue weighted by Gasteiger charge is -2.15. The Bertz CT molecular complexity index is 1310. The number of rotatable bonds is 8. The van der Waals surface area contributed by atoms with Crippen molar-refractivity contribution < 1.29 is 21.6 Å². The van der Waals surface area contributed by atoms with Gasteiger partial charge in [-0.3, -0.25) is 9.52 Å². The predicted octanol–water partition coefficient (Wildman–Crippen LogP) is 3.45. The molecular weight excluding hydrogens is 474 g/mol. The second kappa shape index (κ2) is 9.70. The summed E-state index contributed by atoms with van der Waals surface area (Å²) in [5, 5.41) is 2.99. The van der Waals surface area contributed by atoms with Crippen molar-refractivity contribution in [2.45, 2.75) is 22.8 Å². The Hall–Kier alpha value is -2.92. The van der Waals surface area contributed by atoms with Gasteiger partial charge < -0.3 is 5.32 Å². The van der Waals surface area contributed by atoms with Gasteiger partial charge in [-0.25, -0.2) is 16.8 Å². The van der Waals surface area contributed by atoms with Crippen LogP contribution in [-0.4, -0.2) is 28.8 Å². The molecule has 1 amide bonds. The molecule has 0 saturated heterocycles. The Morgan fingerprint density at radius 2 is 1.41 bits per heavy atom. The SMILES string of the molecule is C[C@H](NS(=O)(=O)c1ccccc1)C(=O)Nc1cccc(S(=O)(=O)Nc2ccc(Cl)cc2)c1. The van der Waals surface area contributed by atoms with Gasteiger partial charge in [0.15, 0.2) is 0 Å². The van der Waals surface area contributed by atoms with E-state index in [0.29, 0.717) is 10.7 Å². The van der Waals surface area contributed by atoms with Crippen molar-refractivity contribution in [3.05, 3.63) is 83.9 Å². The van der Waals surface area contributed by atoms with E-state index in [4.69, 9.17) is 11.6 Å². The molecule has 0 aliphatic rings. The van der Waals surface area contributed by atoms with Crippen LogP contribution in [0.5, 0.6) is 0 Å². The van der Waals surface area contributed by atoms with Crippen LogP contribution in [0.3, 0.4) is 0 Å². The maximum absolute atomic E-state index is 12.7. The van der Waals surface area contributed by atoms with Crippen molar-refractivity contribution in [2.24, 2.45) is 0 Å². The number of anilines is 2. The average molecular weight is 494 g/mol. The van der Waals surface area contributed by atoms with Crippen molar-refractivity contribution >= 4 is 48.9 Å². The highest BCUT2D eigenvalue weighted by Crippen LogP contribution is 2.21. The number of carbonyl (C=O) groups excluding carboxylic acids is 1. The van der Waals surface area contributed by atoms with E-state index in [1.165, 1.54) is 55.5 Å². The van der Waals surface area contributed by atoms with E-state index in [-0.39, 0.29) is 15.5 Å². The first-order valence-corrected chi connectivity index (χ1v) is 12.7. The van der Waals surface area contributed by atoms with Crippen LogP contribution < -0.4 is 14.8 Å². The first kappa shape index (κ1) is 23.7. The van der Waals surface area contributed by atoms with Crippen LogP contribution in [0.2, 0.25) is 5.02 Å². The van der Waals surface area contributed by atoms with Gasteiger partial charge in [0.1, 0.15) is 0 Å². The highest BCUT2D eigenvalue weighted by molar-refractivity contribution is 7.92. The van der Waals surface area contributed by atoms with Gasteiger partial charge in [-0.2, -0.15) is 4.72 Å². The lowest BCUT2D eigenvalue weighted by atomic mass is 10.3. The van der Waals surface area contributed by atoms with E-state index in [1.54, 1.807) is 30.3 Å². The van der Waals surface area contributed by atoms with E-state index in [0.717, 1.165) is 0 Å². The zero-order valence-corrected chi connectivity index (χ0v) is 19.2. The monoisotopic (exact) mass is 493 g/mol. The third-order valence-electron chi connectivity index (χ3n) is 4.29. The fourth-order valence-electron chi connectivity index (χ4n) is 2.68. The van der Waals surface area contributed by atoms with Gasteiger partial charge in [0.25, 0.3) is 10.0 Å². The number of benzene rings is 3. The molecule has 0 fully saturated rings. The average Bonchev–Trinajstić information content (AvgIpc) is 2.76. The molecule has 0 saturated carbocycles. The molecule has 168 valence electrons. The topological polar surface area (TPSA) is 121 Å². The number of carbonyl (C=O) groups is 1. The lowest BCUT2D eigenvalue weighted by molar-refractivity contribution is -0.117. The molecule has 0 radical (unpaired) electrons. The summed E-state index contributed by atoms with van der Waals surface area (Å²) in [6.07, 6.45) is 0.